The van der Waals surface area contributed by atoms with Crippen LogP contribution in [0, 0.1) is 18.8 Å². The van der Waals surface area contributed by atoms with Crippen LogP contribution >= 0.6 is 0 Å². The number of aliphatic hydroxyl groups excluding tert-OH is 1. The summed E-state index contributed by atoms with van der Waals surface area (Å²) < 4.78 is 21.7. The molecule has 1 saturated carbocycles. The summed E-state index contributed by atoms with van der Waals surface area (Å²) in [7, 11) is 0. The summed E-state index contributed by atoms with van der Waals surface area (Å²) in [6, 6.07) is 10.8. The highest BCUT2D eigenvalue weighted by Crippen LogP contribution is 2.39. The molecule has 0 bridgehead atoms. The van der Waals surface area contributed by atoms with E-state index < -0.39 is 5.97 Å². The normalized spacial score (nSPS) is 21.5. The zero-order valence-electron chi connectivity index (χ0n) is 27.0. The van der Waals surface area contributed by atoms with Crippen LogP contribution in [0.1, 0.15) is 78.7 Å². The number of hydrogen-bond donors (Lipinski definition) is 1. The van der Waals surface area contributed by atoms with Crippen LogP contribution in [0.5, 0.6) is 0 Å². The van der Waals surface area contributed by atoms with Crippen LogP contribution in [0.3, 0.4) is 0 Å². The van der Waals surface area contributed by atoms with Gasteiger partial charge in [-0.25, -0.2) is 4.79 Å². The first-order valence-electron chi connectivity index (χ1n) is 15.4. The number of halogens is 1. The van der Waals surface area contributed by atoms with Gasteiger partial charge in [0.25, 0.3) is 0 Å². The quantitative estimate of drug-likeness (QED) is 0.308. The van der Waals surface area contributed by atoms with Crippen molar-refractivity contribution in [1.29, 1.82) is 0 Å². The Balaban J connectivity index is 0.000000471. The third-order valence-electron chi connectivity index (χ3n) is 7.29. The fourth-order valence-corrected chi connectivity index (χ4v) is 4.78. The number of rotatable bonds is 9. The molecule has 1 aliphatic carbocycles. The molecular formula is C34H53FN2O6. The zero-order valence-corrected chi connectivity index (χ0v) is 27.0. The summed E-state index contributed by atoms with van der Waals surface area (Å²) in [5.41, 5.74) is 2.63. The molecule has 9 heteroatoms. The summed E-state index contributed by atoms with van der Waals surface area (Å²) in [5, 5.41) is 7.88. The highest BCUT2D eigenvalue weighted by molar-refractivity contribution is 5.64. The Morgan fingerprint density at radius 2 is 1.84 bits per heavy atom. The predicted octanol–water partition coefficient (Wildman–Crippen LogP) is 6.86. The second-order valence-electron chi connectivity index (χ2n) is 11.0. The van der Waals surface area contributed by atoms with Gasteiger partial charge in [0.2, 0.25) is 13.2 Å². The van der Waals surface area contributed by atoms with Crippen LogP contribution in [-0.4, -0.2) is 66.5 Å². The predicted molar refractivity (Wildman–Crippen MR) is 168 cm³/mol. The molecular weight excluding hydrogens is 551 g/mol. The lowest BCUT2D eigenvalue weighted by molar-refractivity contribution is -0.180. The SMILES string of the molecule is C/C=C1/OCO/C1=C(/C=C/C1CC(C)N(CN(C=O)CCC)C1)C1CCC1.CC(=O)OF.CCCO.Cc1ccccc1. The Kier molecular flexibility index (Phi) is 19.7. The molecule has 2 unspecified atom stereocenters. The summed E-state index contributed by atoms with van der Waals surface area (Å²) in [5.74, 6) is 2.02. The Labute approximate surface area is 258 Å². The number of aryl methyl sites for hydroxylation is 1. The molecule has 242 valence electrons. The largest absolute Gasteiger partial charge is 0.454 e. The fourth-order valence-electron chi connectivity index (χ4n) is 4.78. The Morgan fingerprint density at radius 3 is 2.28 bits per heavy atom. The van der Waals surface area contributed by atoms with Gasteiger partial charge in [-0.1, -0.05) is 68.3 Å². The van der Waals surface area contributed by atoms with Gasteiger partial charge in [-0.05, 0) is 70.8 Å². The van der Waals surface area contributed by atoms with Crippen molar-refractivity contribution in [2.24, 2.45) is 11.8 Å². The monoisotopic (exact) mass is 604 g/mol. The molecule has 2 heterocycles. The third-order valence-corrected chi connectivity index (χ3v) is 7.29. The van der Waals surface area contributed by atoms with E-state index in [1.54, 1.807) is 0 Å². The lowest BCUT2D eigenvalue weighted by Gasteiger charge is -2.28. The third kappa shape index (κ3) is 14.7. The van der Waals surface area contributed by atoms with E-state index in [2.05, 4.69) is 54.9 Å². The van der Waals surface area contributed by atoms with Gasteiger partial charge in [0.1, 0.15) is 0 Å². The van der Waals surface area contributed by atoms with Crippen molar-refractivity contribution >= 4 is 12.4 Å². The molecule has 2 saturated heterocycles. The fraction of sp³-hybridized carbons (Fsp3) is 0.588. The van der Waals surface area contributed by atoms with Gasteiger partial charge in [0.15, 0.2) is 11.5 Å². The van der Waals surface area contributed by atoms with Crippen LogP contribution in [0.4, 0.5) is 4.53 Å². The van der Waals surface area contributed by atoms with Crippen molar-refractivity contribution in [3.8, 4) is 0 Å². The van der Waals surface area contributed by atoms with E-state index in [9.17, 15) is 14.1 Å². The van der Waals surface area contributed by atoms with E-state index in [1.807, 2.05) is 43.0 Å². The van der Waals surface area contributed by atoms with E-state index in [0.717, 1.165) is 63.9 Å². The number of hydrogen-bond acceptors (Lipinski definition) is 7. The van der Waals surface area contributed by atoms with Crippen molar-refractivity contribution in [3.63, 3.8) is 0 Å². The summed E-state index contributed by atoms with van der Waals surface area (Å²) in [6.45, 7) is 14.6. The van der Waals surface area contributed by atoms with Gasteiger partial charge >= 0.3 is 5.97 Å². The first-order chi connectivity index (χ1) is 20.7. The van der Waals surface area contributed by atoms with Crippen molar-refractivity contribution in [2.75, 3.05) is 33.2 Å². The molecule has 1 aromatic carbocycles. The first kappa shape index (κ1) is 37.9. The topological polar surface area (TPSA) is 88.5 Å². The van der Waals surface area contributed by atoms with Crippen LogP contribution in [0.25, 0.3) is 0 Å². The number of amides is 1. The standard InChI is InChI=1S/C22H34N2O3.C7H8.C3H8O.C2H3FO2/c1-4-11-23(15-25)14-24-13-18(12-17(24)3)9-10-20(19-7-6-8-19)22-21(5-2)26-16-27-22;1-7-5-3-2-4-6-7;1-2-3-4;1-2(4)5-3/h5,9-10,15,17-19H,4,6-8,11-14,16H2,1-3H3;2-6H,1H3;4H,2-3H2,1H3;1H3/b10-9+,21-5+,22-20-;;;. The molecule has 1 aromatic rings. The minimum atomic E-state index is -0.912. The second kappa shape index (κ2) is 22.4. The molecule has 0 spiro atoms. The first-order valence-corrected chi connectivity index (χ1v) is 15.4. The molecule has 43 heavy (non-hydrogen) atoms. The van der Waals surface area contributed by atoms with Crippen molar-refractivity contribution in [2.45, 2.75) is 86.1 Å². The smallest absolute Gasteiger partial charge is 0.345 e. The number of carbonyl (C=O) groups excluding carboxylic acids is 2. The number of allylic oxidation sites excluding steroid dienone is 3. The minimum absolute atomic E-state index is 0.319. The summed E-state index contributed by atoms with van der Waals surface area (Å²) >= 11 is 0. The number of ether oxygens (including phenoxy) is 2. The van der Waals surface area contributed by atoms with Gasteiger partial charge in [-0.2, -0.15) is 0 Å². The van der Waals surface area contributed by atoms with Crippen molar-refractivity contribution in [3.05, 3.63) is 71.2 Å². The number of nitrogens with zero attached hydrogens (tertiary/aromatic N) is 2. The number of likely N-dealkylation sites (tertiary alicyclic amines) is 1. The second-order valence-corrected chi connectivity index (χ2v) is 11.0. The van der Waals surface area contributed by atoms with Crippen LogP contribution in [0.15, 0.2) is 65.7 Å². The van der Waals surface area contributed by atoms with Gasteiger partial charge < -0.3 is 19.5 Å². The van der Waals surface area contributed by atoms with Crippen LogP contribution in [-0.2, 0) is 24.0 Å². The van der Waals surface area contributed by atoms with E-state index >= 15 is 0 Å². The average Bonchev–Trinajstić information content (AvgIpc) is 3.61. The van der Waals surface area contributed by atoms with Crippen LogP contribution in [0.2, 0.25) is 0 Å². The molecule has 8 nitrogen and oxygen atoms in total. The maximum absolute atomic E-state index is 11.3. The van der Waals surface area contributed by atoms with Crippen LogP contribution < -0.4 is 0 Å². The van der Waals surface area contributed by atoms with Crippen molar-refractivity contribution < 1.29 is 33.6 Å². The Hall–Kier alpha value is -3.17. The zero-order chi connectivity index (χ0) is 32.0. The molecule has 3 aliphatic rings. The number of benzene rings is 1. The molecule has 2 aliphatic heterocycles. The highest BCUT2D eigenvalue weighted by atomic mass is 19.3. The molecule has 4 rings (SSSR count). The van der Waals surface area contributed by atoms with E-state index in [4.69, 9.17) is 14.6 Å². The molecule has 1 amide bonds. The lowest BCUT2D eigenvalue weighted by atomic mass is 9.78. The average molecular weight is 605 g/mol. The summed E-state index contributed by atoms with van der Waals surface area (Å²) in [4.78, 5) is 27.4. The molecule has 0 aromatic heterocycles. The maximum atomic E-state index is 11.3. The molecule has 1 N–H and O–H groups in total. The molecule has 0 radical (unpaired) electrons. The Morgan fingerprint density at radius 1 is 1.19 bits per heavy atom. The van der Waals surface area contributed by atoms with E-state index in [1.165, 1.54) is 30.4 Å². The van der Waals surface area contributed by atoms with Gasteiger partial charge in [-0.3, -0.25) is 14.6 Å². The lowest BCUT2D eigenvalue weighted by Crippen LogP contribution is -2.39. The minimum Gasteiger partial charge on any atom is -0.454 e. The van der Waals surface area contributed by atoms with Crippen molar-refractivity contribution in [1.82, 2.24) is 9.80 Å². The number of aliphatic hydroxyl groups is 1. The van der Waals surface area contributed by atoms with Gasteiger partial charge in [0.05, 0.1) is 6.67 Å². The van der Waals surface area contributed by atoms with E-state index in [0.29, 0.717) is 31.3 Å². The van der Waals surface area contributed by atoms with E-state index in [-0.39, 0.29) is 0 Å². The number of carbonyl (C=O) groups is 2. The maximum Gasteiger partial charge on any atom is 0.345 e. The summed E-state index contributed by atoms with van der Waals surface area (Å²) in [6.07, 6.45) is 14.4. The Bertz CT molecular complexity index is 1010. The highest BCUT2D eigenvalue weighted by Gasteiger charge is 2.31. The molecule has 2 atom stereocenters. The van der Waals surface area contributed by atoms with Gasteiger partial charge in [0, 0.05) is 42.8 Å². The molecule has 3 fully saturated rings. The van der Waals surface area contributed by atoms with Gasteiger partial charge in [-0.15, -0.1) is 0 Å².